The summed E-state index contributed by atoms with van der Waals surface area (Å²) in [4.78, 5) is 28.2. The molecular formula is C21H22N4O2. The summed E-state index contributed by atoms with van der Waals surface area (Å²) in [5, 5.41) is 12.2. The lowest BCUT2D eigenvalue weighted by atomic mass is 10.1. The number of piperazine rings is 1. The van der Waals surface area contributed by atoms with E-state index in [1.54, 1.807) is 18.2 Å². The number of nitrogens with zero attached hydrogens (tertiary/aromatic N) is 3. The third kappa shape index (κ3) is 4.45. The number of carbonyl (C=O) groups is 2. The van der Waals surface area contributed by atoms with E-state index >= 15 is 0 Å². The minimum Gasteiger partial charge on any atom is -0.375 e. The Morgan fingerprint density at radius 2 is 1.78 bits per heavy atom. The van der Waals surface area contributed by atoms with E-state index in [0.717, 1.165) is 13.1 Å². The van der Waals surface area contributed by atoms with Gasteiger partial charge in [-0.15, -0.1) is 0 Å². The lowest BCUT2D eigenvalue weighted by molar-refractivity contribution is -0.129. The molecule has 0 atom stereocenters. The van der Waals surface area contributed by atoms with Crippen LogP contribution in [0.2, 0.25) is 0 Å². The van der Waals surface area contributed by atoms with Gasteiger partial charge in [0.05, 0.1) is 17.8 Å². The van der Waals surface area contributed by atoms with Crippen molar-refractivity contribution in [1.82, 2.24) is 4.90 Å². The number of amides is 1. The molecule has 1 fully saturated rings. The maximum Gasteiger partial charge on any atom is 0.241 e. The zero-order chi connectivity index (χ0) is 19.2. The SMILES string of the molecule is CC(=O)c1ccc(C#N)c(NCC(=O)N2CCN(c3ccccc3)CC2)c1. The van der Waals surface area contributed by atoms with Gasteiger partial charge in [-0.2, -0.15) is 5.26 Å². The Morgan fingerprint density at radius 1 is 1.07 bits per heavy atom. The number of Topliss-reactive ketones (excluding diaryl/α,β-unsaturated/α-hetero) is 1. The molecule has 0 aliphatic carbocycles. The average molecular weight is 362 g/mol. The lowest BCUT2D eigenvalue weighted by Crippen LogP contribution is -2.50. The summed E-state index contributed by atoms with van der Waals surface area (Å²) in [7, 11) is 0. The van der Waals surface area contributed by atoms with Crippen LogP contribution in [0.15, 0.2) is 48.5 Å². The van der Waals surface area contributed by atoms with Crippen LogP contribution in [0, 0.1) is 11.3 Å². The Morgan fingerprint density at radius 3 is 2.41 bits per heavy atom. The van der Waals surface area contributed by atoms with E-state index in [0.29, 0.717) is 29.9 Å². The van der Waals surface area contributed by atoms with Crippen LogP contribution in [0.5, 0.6) is 0 Å². The molecule has 1 N–H and O–H groups in total. The summed E-state index contributed by atoms with van der Waals surface area (Å²) < 4.78 is 0. The number of rotatable bonds is 5. The van der Waals surface area contributed by atoms with E-state index in [4.69, 9.17) is 0 Å². The zero-order valence-electron chi connectivity index (χ0n) is 15.3. The van der Waals surface area contributed by atoms with Crippen LogP contribution in [0.1, 0.15) is 22.8 Å². The Bertz CT molecular complexity index is 865. The highest BCUT2D eigenvalue weighted by atomic mass is 16.2. The van der Waals surface area contributed by atoms with Gasteiger partial charge in [0, 0.05) is 37.4 Å². The Labute approximate surface area is 159 Å². The number of hydrogen-bond acceptors (Lipinski definition) is 5. The first-order valence-electron chi connectivity index (χ1n) is 8.95. The van der Waals surface area contributed by atoms with Crippen LogP contribution in [-0.2, 0) is 4.79 Å². The molecule has 1 amide bonds. The van der Waals surface area contributed by atoms with Crippen molar-refractivity contribution in [3.8, 4) is 6.07 Å². The van der Waals surface area contributed by atoms with Crippen molar-refractivity contribution in [3.63, 3.8) is 0 Å². The van der Waals surface area contributed by atoms with Gasteiger partial charge < -0.3 is 15.1 Å². The van der Waals surface area contributed by atoms with Crippen molar-refractivity contribution in [2.24, 2.45) is 0 Å². The van der Waals surface area contributed by atoms with Gasteiger partial charge in [-0.3, -0.25) is 9.59 Å². The number of hydrogen-bond donors (Lipinski definition) is 1. The molecule has 1 aliphatic rings. The van der Waals surface area contributed by atoms with E-state index < -0.39 is 0 Å². The average Bonchev–Trinajstić information content (AvgIpc) is 2.72. The second-order valence-electron chi connectivity index (χ2n) is 6.49. The molecule has 27 heavy (non-hydrogen) atoms. The molecule has 0 spiro atoms. The molecule has 0 aromatic heterocycles. The highest BCUT2D eigenvalue weighted by Gasteiger charge is 2.21. The van der Waals surface area contributed by atoms with Crippen molar-refractivity contribution in [2.75, 3.05) is 42.9 Å². The summed E-state index contributed by atoms with van der Waals surface area (Å²) >= 11 is 0. The zero-order valence-corrected chi connectivity index (χ0v) is 15.3. The van der Waals surface area contributed by atoms with E-state index in [-0.39, 0.29) is 18.2 Å². The van der Waals surface area contributed by atoms with Crippen LogP contribution in [0.3, 0.4) is 0 Å². The van der Waals surface area contributed by atoms with Gasteiger partial charge >= 0.3 is 0 Å². The second-order valence-corrected chi connectivity index (χ2v) is 6.49. The first-order valence-corrected chi connectivity index (χ1v) is 8.95. The van der Waals surface area contributed by atoms with Gasteiger partial charge in [0.1, 0.15) is 6.07 Å². The maximum absolute atomic E-state index is 12.5. The molecule has 2 aromatic rings. The summed E-state index contributed by atoms with van der Waals surface area (Å²) in [6.45, 7) is 4.48. The Kier molecular flexibility index (Phi) is 5.72. The molecular weight excluding hydrogens is 340 g/mol. The number of anilines is 2. The highest BCUT2D eigenvalue weighted by Crippen LogP contribution is 2.18. The third-order valence-corrected chi connectivity index (χ3v) is 4.73. The van der Waals surface area contributed by atoms with Crippen LogP contribution < -0.4 is 10.2 Å². The van der Waals surface area contributed by atoms with Crippen molar-refractivity contribution < 1.29 is 9.59 Å². The summed E-state index contributed by atoms with van der Waals surface area (Å²) in [5.41, 5.74) is 2.62. The number of carbonyl (C=O) groups excluding carboxylic acids is 2. The Balaban J connectivity index is 1.57. The smallest absolute Gasteiger partial charge is 0.241 e. The molecule has 3 rings (SSSR count). The summed E-state index contributed by atoms with van der Waals surface area (Å²) in [6.07, 6.45) is 0. The third-order valence-electron chi connectivity index (χ3n) is 4.73. The normalized spacial score (nSPS) is 13.8. The fraction of sp³-hybridized carbons (Fsp3) is 0.286. The fourth-order valence-electron chi connectivity index (χ4n) is 3.14. The first-order chi connectivity index (χ1) is 13.1. The van der Waals surface area contributed by atoms with E-state index in [9.17, 15) is 14.9 Å². The predicted octanol–water partition coefficient (Wildman–Crippen LogP) is 2.52. The molecule has 0 bridgehead atoms. The number of benzene rings is 2. The monoisotopic (exact) mass is 362 g/mol. The van der Waals surface area contributed by atoms with Crippen molar-refractivity contribution in [3.05, 3.63) is 59.7 Å². The van der Waals surface area contributed by atoms with Crippen molar-refractivity contribution >= 4 is 23.1 Å². The van der Waals surface area contributed by atoms with Crippen LogP contribution >= 0.6 is 0 Å². The van der Waals surface area contributed by atoms with Crippen LogP contribution in [0.25, 0.3) is 0 Å². The molecule has 6 heteroatoms. The predicted molar refractivity (Wildman–Crippen MR) is 105 cm³/mol. The highest BCUT2D eigenvalue weighted by molar-refractivity contribution is 5.95. The molecule has 2 aromatic carbocycles. The van der Waals surface area contributed by atoms with Gasteiger partial charge in [0.15, 0.2) is 5.78 Å². The van der Waals surface area contributed by atoms with Gasteiger partial charge in [-0.1, -0.05) is 18.2 Å². The minimum atomic E-state index is -0.0779. The quantitative estimate of drug-likeness (QED) is 0.827. The van der Waals surface area contributed by atoms with Gasteiger partial charge in [-0.05, 0) is 37.3 Å². The maximum atomic E-state index is 12.5. The molecule has 1 saturated heterocycles. The summed E-state index contributed by atoms with van der Waals surface area (Å²) in [6, 6.07) is 17.1. The standard InChI is InChI=1S/C21H22N4O2/c1-16(26)17-7-8-18(14-22)20(13-17)23-15-21(27)25-11-9-24(10-12-25)19-5-3-2-4-6-19/h2-8,13,23H,9-12,15H2,1H3. The van der Waals surface area contributed by atoms with Crippen LogP contribution in [0.4, 0.5) is 11.4 Å². The molecule has 138 valence electrons. The largest absolute Gasteiger partial charge is 0.375 e. The van der Waals surface area contributed by atoms with Gasteiger partial charge in [0.2, 0.25) is 5.91 Å². The molecule has 1 aliphatic heterocycles. The Hall–Kier alpha value is -3.33. The number of nitriles is 1. The lowest BCUT2D eigenvalue weighted by Gasteiger charge is -2.36. The number of para-hydroxylation sites is 1. The van der Waals surface area contributed by atoms with E-state index in [1.807, 2.05) is 23.1 Å². The topological polar surface area (TPSA) is 76.4 Å². The molecule has 0 radical (unpaired) electrons. The van der Waals surface area contributed by atoms with Gasteiger partial charge in [0.25, 0.3) is 0 Å². The molecule has 6 nitrogen and oxygen atoms in total. The van der Waals surface area contributed by atoms with E-state index in [2.05, 4.69) is 28.4 Å². The summed E-state index contributed by atoms with van der Waals surface area (Å²) in [5.74, 6) is -0.0919. The van der Waals surface area contributed by atoms with Crippen molar-refractivity contribution in [2.45, 2.75) is 6.92 Å². The number of nitrogens with one attached hydrogen (secondary N) is 1. The minimum absolute atomic E-state index is 0.0140. The molecule has 1 heterocycles. The van der Waals surface area contributed by atoms with Crippen LogP contribution in [-0.4, -0.2) is 49.3 Å². The van der Waals surface area contributed by atoms with E-state index in [1.165, 1.54) is 12.6 Å². The molecule has 0 saturated carbocycles. The molecule has 0 unspecified atom stereocenters. The number of ketones is 1. The second kappa shape index (κ2) is 8.37. The fourth-order valence-corrected chi connectivity index (χ4v) is 3.14. The first kappa shape index (κ1) is 18.5. The van der Waals surface area contributed by atoms with Crippen molar-refractivity contribution in [1.29, 1.82) is 5.26 Å². The van der Waals surface area contributed by atoms with Gasteiger partial charge in [-0.25, -0.2) is 0 Å².